The molecule has 2 heteroatoms. The second kappa shape index (κ2) is 2.05. The molecule has 2 fully saturated rings. The Hall–Kier alpha value is 0.0500. The summed E-state index contributed by atoms with van der Waals surface area (Å²) < 4.78 is 0. The maximum Gasteiger partial charge on any atom is 0.0671 e. The highest BCUT2D eigenvalue weighted by Gasteiger charge is 2.52. The third-order valence-corrected chi connectivity index (χ3v) is 4.74. The first-order valence-corrected chi connectivity index (χ1v) is 5.47. The van der Waals surface area contributed by atoms with Crippen LogP contribution in [0.4, 0.5) is 0 Å². The Morgan fingerprint density at radius 1 is 1.09 bits per heavy atom. The predicted molar refractivity (Wildman–Crippen MR) is 46.4 cm³/mol. The van der Waals surface area contributed by atoms with Crippen LogP contribution in [0.1, 0.15) is 0 Å². The average Bonchev–Trinajstić information content (AvgIpc) is 2.61. The van der Waals surface area contributed by atoms with Crippen LogP contribution < -0.4 is 0 Å². The highest BCUT2D eigenvalue weighted by molar-refractivity contribution is 7.99. The minimum atomic E-state index is -0.0223. The third-order valence-electron chi connectivity index (χ3n) is 3.50. The van der Waals surface area contributed by atoms with Crippen LogP contribution in [0.2, 0.25) is 0 Å². The summed E-state index contributed by atoms with van der Waals surface area (Å²) in [5, 5.41) is 9.76. The van der Waals surface area contributed by atoms with Crippen LogP contribution in [-0.4, -0.2) is 22.7 Å². The molecule has 0 spiro atoms. The molecule has 0 amide bonds. The van der Waals surface area contributed by atoms with E-state index in [-0.39, 0.29) is 6.10 Å². The van der Waals surface area contributed by atoms with Gasteiger partial charge in [0, 0.05) is 11.8 Å². The van der Waals surface area contributed by atoms with Gasteiger partial charge in [0.15, 0.2) is 0 Å². The highest BCUT2D eigenvalue weighted by atomic mass is 32.2. The Bertz CT molecular complexity index is 194. The fraction of sp³-hybridized carbons (Fsp3) is 0.778. The topological polar surface area (TPSA) is 20.2 Å². The summed E-state index contributed by atoms with van der Waals surface area (Å²) in [6.07, 6.45) is 4.45. The van der Waals surface area contributed by atoms with Gasteiger partial charge in [-0.3, -0.25) is 0 Å². The van der Waals surface area contributed by atoms with E-state index in [4.69, 9.17) is 0 Å². The van der Waals surface area contributed by atoms with Crippen molar-refractivity contribution in [3.63, 3.8) is 0 Å². The van der Waals surface area contributed by atoms with Gasteiger partial charge in [0.25, 0.3) is 0 Å². The summed E-state index contributed by atoms with van der Waals surface area (Å²) in [4.78, 5) is 0. The van der Waals surface area contributed by atoms with Gasteiger partial charge in [-0.1, -0.05) is 12.2 Å². The van der Waals surface area contributed by atoms with E-state index >= 15 is 0 Å². The van der Waals surface area contributed by atoms with Crippen molar-refractivity contribution < 1.29 is 5.11 Å². The van der Waals surface area contributed by atoms with Gasteiger partial charge in [0.2, 0.25) is 0 Å². The molecular weight excluding hydrogens is 156 g/mol. The maximum atomic E-state index is 9.76. The molecule has 1 aliphatic heterocycles. The van der Waals surface area contributed by atoms with Gasteiger partial charge in [0.05, 0.1) is 6.10 Å². The lowest BCUT2D eigenvalue weighted by Crippen LogP contribution is -2.16. The van der Waals surface area contributed by atoms with Gasteiger partial charge < -0.3 is 5.11 Å². The fourth-order valence-electron chi connectivity index (χ4n) is 2.91. The van der Waals surface area contributed by atoms with Crippen molar-refractivity contribution in [2.75, 3.05) is 11.5 Å². The smallest absolute Gasteiger partial charge is 0.0671 e. The normalized spacial score (nSPS) is 58.8. The number of aliphatic hydroxyl groups excluding tert-OH is 1. The Kier molecular flexibility index (Phi) is 1.22. The van der Waals surface area contributed by atoms with E-state index in [1.807, 2.05) is 0 Å². The monoisotopic (exact) mass is 168 g/mol. The van der Waals surface area contributed by atoms with Gasteiger partial charge in [-0.25, -0.2) is 0 Å². The molecule has 0 aromatic heterocycles. The molecule has 0 aromatic rings. The van der Waals surface area contributed by atoms with E-state index in [2.05, 4.69) is 23.9 Å². The summed E-state index contributed by atoms with van der Waals surface area (Å²) >= 11 is 2.06. The van der Waals surface area contributed by atoms with Crippen molar-refractivity contribution in [1.82, 2.24) is 0 Å². The first-order valence-electron chi connectivity index (χ1n) is 4.32. The summed E-state index contributed by atoms with van der Waals surface area (Å²) in [5.74, 6) is 5.22. The first-order chi connectivity index (χ1) is 5.38. The van der Waals surface area contributed by atoms with Crippen LogP contribution >= 0.6 is 11.8 Å². The Labute approximate surface area is 70.9 Å². The van der Waals surface area contributed by atoms with E-state index in [0.29, 0.717) is 11.8 Å². The summed E-state index contributed by atoms with van der Waals surface area (Å²) in [6, 6.07) is 0. The molecule has 3 rings (SSSR count). The quantitative estimate of drug-likeness (QED) is 0.547. The van der Waals surface area contributed by atoms with Crippen molar-refractivity contribution in [3.05, 3.63) is 12.2 Å². The van der Waals surface area contributed by atoms with Crippen LogP contribution in [0, 0.1) is 23.7 Å². The Balaban J connectivity index is 1.99. The molecule has 3 aliphatic rings. The van der Waals surface area contributed by atoms with Crippen LogP contribution in [0.5, 0.6) is 0 Å². The number of hydrogen-bond donors (Lipinski definition) is 1. The van der Waals surface area contributed by atoms with E-state index < -0.39 is 0 Å². The zero-order valence-corrected chi connectivity index (χ0v) is 7.13. The third kappa shape index (κ3) is 0.676. The lowest BCUT2D eigenvalue weighted by atomic mass is 9.86. The maximum absolute atomic E-state index is 9.76. The first kappa shape index (κ1) is 6.55. The minimum absolute atomic E-state index is 0.0223. The molecule has 1 heterocycles. The lowest BCUT2D eigenvalue weighted by Gasteiger charge is -2.17. The van der Waals surface area contributed by atoms with Crippen molar-refractivity contribution in [2.24, 2.45) is 23.7 Å². The molecule has 1 saturated carbocycles. The highest BCUT2D eigenvalue weighted by Crippen LogP contribution is 2.53. The zero-order valence-electron chi connectivity index (χ0n) is 6.31. The molecule has 1 N–H and O–H groups in total. The van der Waals surface area contributed by atoms with Gasteiger partial charge in [-0.15, -0.1) is 0 Å². The van der Waals surface area contributed by atoms with Crippen LogP contribution in [-0.2, 0) is 0 Å². The van der Waals surface area contributed by atoms with E-state index in [1.54, 1.807) is 0 Å². The van der Waals surface area contributed by atoms with Crippen molar-refractivity contribution in [3.8, 4) is 0 Å². The van der Waals surface area contributed by atoms with E-state index in [9.17, 15) is 5.11 Å². The van der Waals surface area contributed by atoms with Crippen LogP contribution in [0.25, 0.3) is 0 Å². The van der Waals surface area contributed by atoms with Crippen LogP contribution in [0.3, 0.4) is 0 Å². The Morgan fingerprint density at radius 2 is 1.64 bits per heavy atom. The molecule has 0 aromatic carbocycles. The van der Waals surface area contributed by atoms with Crippen molar-refractivity contribution in [1.29, 1.82) is 0 Å². The number of aliphatic hydroxyl groups is 1. The predicted octanol–water partition coefficient (Wildman–Crippen LogP) is 1.14. The number of thioether (sulfide) groups is 1. The molecule has 60 valence electrons. The number of fused-ring (bicyclic) bond motifs is 5. The second-order valence-corrected chi connectivity index (χ2v) is 4.97. The molecule has 2 bridgehead atoms. The lowest BCUT2D eigenvalue weighted by molar-refractivity contribution is 0.128. The molecule has 1 nitrogen and oxygen atoms in total. The number of rotatable bonds is 0. The van der Waals surface area contributed by atoms with E-state index in [0.717, 1.165) is 11.8 Å². The van der Waals surface area contributed by atoms with Crippen molar-refractivity contribution in [2.45, 2.75) is 6.10 Å². The summed E-state index contributed by atoms with van der Waals surface area (Å²) in [5.41, 5.74) is 0. The molecule has 2 aliphatic carbocycles. The van der Waals surface area contributed by atoms with Gasteiger partial charge in [0.1, 0.15) is 0 Å². The van der Waals surface area contributed by atoms with Gasteiger partial charge in [-0.05, 0) is 23.3 Å². The molecule has 0 radical (unpaired) electrons. The Morgan fingerprint density at radius 3 is 2.18 bits per heavy atom. The SMILES string of the molecule is OC1[C@H]2C=C[C@@H]1[C@@H]1CSC[C@@H]12. The van der Waals surface area contributed by atoms with Crippen molar-refractivity contribution >= 4 is 11.8 Å². The minimum Gasteiger partial charge on any atom is -0.392 e. The van der Waals surface area contributed by atoms with E-state index in [1.165, 1.54) is 11.5 Å². The molecule has 1 unspecified atom stereocenters. The largest absolute Gasteiger partial charge is 0.392 e. The zero-order chi connectivity index (χ0) is 7.42. The molecular formula is C9H12OS. The van der Waals surface area contributed by atoms with Crippen LogP contribution in [0.15, 0.2) is 12.2 Å². The summed E-state index contributed by atoms with van der Waals surface area (Å²) in [7, 11) is 0. The molecule has 11 heavy (non-hydrogen) atoms. The average molecular weight is 168 g/mol. The molecule has 5 atom stereocenters. The standard InChI is InChI=1S/C9H12OS/c10-9-5-1-2-6(9)8-4-11-3-7(5)8/h1-2,5-10H,3-4H2/t5-,6+,7+,8-,9?. The summed E-state index contributed by atoms with van der Waals surface area (Å²) in [6.45, 7) is 0. The number of hydrogen-bond acceptors (Lipinski definition) is 2. The van der Waals surface area contributed by atoms with Gasteiger partial charge >= 0.3 is 0 Å². The van der Waals surface area contributed by atoms with Gasteiger partial charge in [-0.2, -0.15) is 11.8 Å². The second-order valence-electron chi connectivity index (χ2n) is 3.90. The fourth-order valence-corrected chi connectivity index (χ4v) is 4.53. The molecule has 1 saturated heterocycles.